The molecule has 1 saturated heterocycles. The maximum atomic E-state index is 12.8. The van der Waals surface area contributed by atoms with E-state index in [0.717, 1.165) is 54.2 Å². The summed E-state index contributed by atoms with van der Waals surface area (Å²) in [7, 11) is 1.63. The SMILES string of the molecule is COc1ccc2c(c1)C(=O)/C(=C\c1ccc(N3CCN(c4ccccc4)CC3)cc1)C2. The summed E-state index contributed by atoms with van der Waals surface area (Å²) in [5, 5.41) is 0. The number of Topliss-reactive ketones (excluding diaryl/α,β-unsaturated/α-hetero) is 1. The quantitative estimate of drug-likeness (QED) is 0.576. The van der Waals surface area contributed by atoms with Gasteiger partial charge in [0.25, 0.3) is 0 Å². The molecule has 0 N–H and O–H groups in total. The minimum absolute atomic E-state index is 0.106. The Kier molecular flexibility index (Phi) is 5.21. The molecule has 3 aromatic carbocycles. The van der Waals surface area contributed by atoms with Crippen molar-refractivity contribution >= 4 is 23.2 Å². The van der Waals surface area contributed by atoms with Crippen LogP contribution in [0, 0.1) is 0 Å². The van der Waals surface area contributed by atoms with E-state index in [4.69, 9.17) is 4.74 Å². The van der Waals surface area contributed by atoms with Crippen LogP contribution in [-0.4, -0.2) is 39.1 Å². The molecule has 0 amide bonds. The van der Waals surface area contributed by atoms with Crippen molar-refractivity contribution in [2.45, 2.75) is 6.42 Å². The molecule has 3 aromatic rings. The molecule has 1 aliphatic carbocycles. The standard InChI is InChI=1S/C27H26N2O2/c1-31-25-12-9-21-18-22(27(30)26(21)19-25)17-20-7-10-24(11-8-20)29-15-13-28(14-16-29)23-5-3-2-4-6-23/h2-12,17,19H,13-16,18H2,1H3/b22-17-. The van der Waals surface area contributed by atoms with Gasteiger partial charge in [-0.05, 0) is 53.6 Å². The molecule has 156 valence electrons. The van der Waals surface area contributed by atoms with Crippen LogP contribution >= 0.6 is 0 Å². The zero-order chi connectivity index (χ0) is 21.2. The van der Waals surface area contributed by atoms with Crippen molar-refractivity contribution in [3.05, 3.63) is 95.1 Å². The molecular formula is C27H26N2O2. The molecule has 2 aliphatic rings. The second-order valence-electron chi connectivity index (χ2n) is 8.10. The lowest BCUT2D eigenvalue weighted by molar-refractivity contribution is 0.104. The van der Waals surface area contributed by atoms with E-state index in [9.17, 15) is 4.79 Å². The summed E-state index contributed by atoms with van der Waals surface area (Å²) in [6.07, 6.45) is 2.70. The number of benzene rings is 3. The van der Waals surface area contributed by atoms with Gasteiger partial charge in [0.05, 0.1) is 7.11 Å². The fourth-order valence-corrected chi connectivity index (χ4v) is 4.47. The highest BCUT2D eigenvalue weighted by Gasteiger charge is 2.25. The molecule has 4 heteroatoms. The van der Waals surface area contributed by atoms with Crippen LogP contribution in [0.4, 0.5) is 11.4 Å². The summed E-state index contributed by atoms with van der Waals surface area (Å²) >= 11 is 0. The number of rotatable bonds is 4. The third kappa shape index (κ3) is 3.93. The maximum Gasteiger partial charge on any atom is 0.189 e. The lowest BCUT2D eigenvalue weighted by Crippen LogP contribution is -2.46. The predicted molar refractivity (Wildman–Crippen MR) is 126 cm³/mol. The summed E-state index contributed by atoms with van der Waals surface area (Å²) < 4.78 is 5.26. The number of anilines is 2. The van der Waals surface area contributed by atoms with E-state index in [2.05, 4.69) is 64.4 Å². The van der Waals surface area contributed by atoms with Gasteiger partial charge in [0.15, 0.2) is 5.78 Å². The van der Waals surface area contributed by atoms with Gasteiger partial charge in [-0.3, -0.25) is 4.79 Å². The van der Waals surface area contributed by atoms with Crippen molar-refractivity contribution in [1.82, 2.24) is 0 Å². The van der Waals surface area contributed by atoms with Crippen molar-refractivity contribution in [3.63, 3.8) is 0 Å². The van der Waals surface area contributed by atoms with Gasteiger partial charge in [-0.25, -0.2) is 0 Å². The second kappa shape index (κ2) is 8.31. The number of ether oxygens (including phenoxy) is 1. The Labute approximate surface area is 183 Å². The van der Waals surface area contributed by atoms with Crippen molar-refractivity contribution in [2.75, 3.05) is 43.1 Å². The van der Waals surface area contributed by atoms with E-state index in [1.165, 1.54) is 11.4 Å². The molecule has 1 aliphatic heterocycles. The monoisotopic (exact) mass is 410 g/mol. The van der Waals surface area contributed by atoms with Crippen LogP contribution in [0.25, 0.3) is 6.08 Å². The Balaban J connectivity index is 1.25. The molecule has 31 heavy (non-hydrogen) atoms. The van der Waals surface area contributed by atoms with Gasteiger partial charge < -0.3 is 14.5 Å². The Hall–Kier alpha value is -3.53. The van der Waals surface area contributed by atoms with Crippen LogP contribution in [0.2, 0.25) is 0 Å². The van der Waals surface area contributed by atoms with Gasteiger partial charge in [0.1, 0.15) is 5.75 Å². The normalized spacial score (nSPS) is 17.2. The van der Waals surface area contributed by atoms with Gasteiger partial charge in [0, 0.05) is 55.1 Å². The van der Waals surface area contributed by atoms with E-state index < -0.39 is 0 Å². The van der Waals surface area contributed by atoms with Gasteiger partial charge in [-0.2, -0.15) is 0 Å². The zero-order valence-corrected chi connectivity index (χ0v) is 17.8. The number of allylic oxidation sites excluding steroid dienone is 1. The number of para-hydroxylation sites is 1. The van der Waals surface area contributed by atoms with Crippen LogP contribution in [0.15, 0.2) is 78.4 Å². The topological polar surface area (TPSA) is 32.8 Å². The second-order valence-corrected chi connectivity index (χ2v) is 8.10. The Morgan fingerprint density at radius 1 is 0.806 bits per heavy atom. The molecule has 0 spiro atoms. The van der Waals surface area contributed by atoms with Crippen LogP contribution in [0.1, 0.15) is 21.5 Å². The van der Waals surface area contributed by atoms with E-state index in [1.807, 2.05) is 24.3 Å². The highest BCUT2D eigenvalue weighted by Crippen LogP contribution is 2.31. The Morgan fingerprint density at radius 2 is 1.45 bits per heavy atom. The molecule has 4 nitrogen and oxygen atoms in total. The highest BCUT2D eigenvalue weighted by molar-refractivity contribution is 6.15. The largest absolute Gasteiger partial charge is 0.497 e. The fraction of sp³-hybridized carbons (Fsp3) is 0.222. The van der Waals surface area contributed by atoms with Crippen LogP contribution in [0.5, 0.6) is 5.75 Å². The molecule has 0 bridgehead atoms. The average molecular weight is 411 g/mol. The van der Waals surface area contributed by atoms with E-state index in [0.29, 0.717) is 6.42 Å². The fourth-order valence-electron chi connectivity index (χ4n) is 4.47. The van der Waals surface area contributed by atoms with Crippen LogP contribution < -0.4 is 14.5 Å². The van der Waals surface area contributed by atoms with Gasteiger partial charge in [-0.1, -0.05) is 36.4 Å². The third-order valence-electron chi connectivity index (χ3n) is 6.23. The molecule has 1 heterocycles. The van der Waals surface area contributed by atoms with Gasteiger partial charge in [0.2, 0.25) is 0 Å². The zero-order valence-electron chi connectivity index (χ0n) is 17.8. The van der Waals surface area contributed by atoms with Crippen LogP contribution in [-0.2, 0) is 6.42 Å². The summed E-state index contributed by atoms with van der Waals surface area (Å²) in [5.74, 6) is 0.833. The maximum absolute atomic E-state index is 12.8. The van der Waals surface area contributed by atoms with Gasteiger partial charge >= 0.3 is 0 Å². The average Bonchev–Trinajstić information content (AvgIpc) is 3.14. The minimum atomic E-state index is 0.106. The molecule has 0 aromatic heterocycles. The first kappa shape index (κ1) is 19.4. The van der Waals surface area contributed by atoms with Gasteiger partial charge in [-0.15, -0.1) is 0 Å². The number of methoxy groups -OCH3 is 1. The first-order valence-electron chi connectivity index (χ1n) is 10.8. The summed E-state index contributed by atoms with van der Waals surface area (Å²) in [4.78, 5) is 17.7. The summed E-state index contributed by atoms with van der Waals surface area (Å²) in [6, 6.07) is 24.9. The van der Waals surface area contributed by atoms with E-state index in [1.54, 1.807) is 7.11 Å². The molecule has 1 fully saturated rings. The number of carbonyl (C=O) groups is 1. The number of piperazine rings is 1. The third-order valence-corrected chi connectivity index (χ3v) is 6.23. The first-order valence-corrected chi connectivity index (χ1v) is 10.8. The Bertz CT molecular complexity index is 1110. The number of hydrogen-bond donors (Lipinski definition) is 0. The van der Waals surface area contributed by atoms with Crippen molar-refractivity contribution in [2.24, 2.45) is 0 Å². The molecule has 0 saturated carbocycles. The minimum Gasteiger partial charge on any atom is -0.497 e. The lowest BCUT2D eigenvalue weighted by Gasteiger charge is -2.37. The first-order chi connectivity index (χ1) is 15.2. The number of carbonyl (C=O) groups excluding carboxylic acids is 1. The molecular weight excluding hydrogens is 384 g/mol. The van der Waals surface area contributed by atoms with Crippen molar-refractivity contribution in [1.29, 1.82) is 0 Å². The van der Waals surface area contributed by atoms with Crippen molar-refractivity contribution < 1.29 is 9.53 Å². The smallest absolute Gasteiger partial charge is 0.189 e. The summed E-state index contributed by atoms with van der Waals surface area (Å²) in [6.45, 7) is 4.05. The predicted octanol–water partition coefficient (Wildman–Crippen LogP) is 4.84. The molecule has 0 atom stereocenters. The summed E-state index contributed by atoms with van der Waals surface area (Å²) in [5.41, 5.74) is 6.27. The number of hydrogen-bond acceptors (Lipinski definition) is 4. The van der Waals surface area contributed by atoms with Crippen LogP contribution in [0.3, 0.4) is 0 Å². The number of fused-ring (bicyclic) bond motifs is 1. The Morgan fingerprint density at radius 3 is 2.10 bits per heavy atom. The molecule has 0 unspecified atom stereocenters. The lowest BCUT2D eigenvalue weighted by atomic mass is 10.1. The number of ketones is 1. The highest BCUT2D eigenvalue weighted by atomic mass is 16.5. The van der Waals surface area contributed by atoms with Crippen molar-refractivity contribution in [3.8, 4) is 5.75 Å². The number of nitrogens with zero attached hydrogens (tertiary/aromatic N) is 2. The van der Waals surface area contributed by atoms with E-state index in [-0.39, 0.29) is 5.78 Å². The molecule has 0 radical (unpaired) electrons. The molecule has 5 rings (SSSR count). The van der Waals surface area contributed by atoms with E-state index >= 15 is 0 Å².